The van der Waals surface area contributed by atoms with Crippen LogP contribution in [0, 0.1) is 0 Å². The van der Waals surface area contributed by atoms with E-state index in [-0.39, 0.29) is 18.6 Å². The first-order valence-electron chi connectivity index (χ1n) is 9.72. The van der Waals surface area contributed by atoms with Gasteiger partial charge in [0.25, 0.3) is 5.91 Å². The number of ether oxygens (including phenoxy) is 3. The van der Waals surface area contributed by atoms with Crippen molar-refractivity contribution in [3.8, 4) is 11.5 Å². The summed E-state index contributed by atoms with van der Waals surface area (Å²) in [7, 11) is 0. The van der Waals surface area contributed by atoms with Crippen molar-refractivity contribution in [1.82, 2.24) is 5.32 Å². The van der Waals surface area contributed by atoms with Crippen LogP contribution >= 0.6 is 0 Å². The molecule has 0 aromatic heterocycles. The van der Waals surface area contributed by atoms with Gasteiger partial charge in [0, 0.05) is 11.3 Å². The van der Waals surface area contributed by atoms with E-state index in [4.69, 9.17) is 14.2 Å². The lowest BCUT2D eigenvalue weighted by atomic mass is 10.1. The molecule has 0 saturated carbocycles. The Kier molecular flexibility index (Phi) is 8.33. The minimum Gasteiger partial charge on any atom is -0.490 e. The van der Waals surface area contributed by atoms with Gasteiger partial charge >= 0.3 is 6.09 Å². The molecule has 2 rings (SSSR count). The zero-order chi connectivity index (χ0) is 21.2. The minimum atomic E-state index is -0.559. The summed E-state index contributed by atoms with van der Waals surface area (Å²) in [4.78, 5) is 24.2. The molecule has 156 valence electrons. The maximum atomic E-state index is 12.7. The van der Waals surface area contributed by atoms with Gasteiger partial charge in [0.15, 0.2) is 11.5 Å². The van der Waals surface area contributed by atoms with Gasteiger partial charge < -0.3 is 19.5 Å². The highest BCUT2D eigenvalue weighted by Crippen LogP contribution is 2.30. The van der Waals surface area contributed by atoms with Crippen LogP contribution in [0.1, 0.15) is 49.7 Å². The van der Waals surface area contributed by atoms with Gasteiger partial charge in [0.05, 0.1) is 25.9 Å². The first-order valence-corrected chi connectivity index (χ1v) is 9.72. The number of nitrogens with one attached hydrogen (secondary N) is 2. The average Bonchev–Trinajstić information content (AvgIpc) is 2.70. The van der Waals surface area contributed by atoms with Crippen LogP contribution < -0.4 is 20.1 Å². The Morgan fingerprint density at radius 1 is 0.931 bits per heavy atom. The lowest BCUT2D eigenvalue weighted by Crippen LogP contribution is -2.26. The zero-order valence-corrected chi connectivity index (χ0v) is 17.3. The van der Waals surface area contributed by atoms with Crippen molar-refractivity contribution in [2.75, 3.05) is 25.1 Å². The third-order valence-corrected chi connectivity index (χ3v) is 4.06. The number of carbonyl (C=O) groups excluding carboxylic acids is 2. The van der Waals surface area contributed by atoms with Gasteiger partial charge in [0.1, 0.15) is 0 Å². The van der Waals surface area contributed by atoms with Gasteiger partial charge in [0.2, 0.25) is 0 Å². The molecule has 2 aromatic carbocycles. The monoisotopic (exact) mass is 400 g/mol. The standard InChI is InChI=1S/C22H28N2O5/c1-5-27-19-12-11-16(14-20(19)28-6-2)15(4)23-21(25)17-9-8-10-18(13-17)24-22(26)29-7-3/h8-15H,5-7H2,1-4H3,(H,23,25)(H,24,26)/t15-/m1/s1. The Labute approximate surface area is 171 Å². The van der Waals surface area contributed by atoms with E-state index in [1.807, 2.05) is 39.0 Å². The maximum absolute atomic E-state index is 12.7. The number of anilines is 1. The minimum absolute atomic E-state index is 0.251. The normalized spacial score (nSPS) is 11.3. The maximum Gasteiger partial charge on any atom is 0.411 e. The molecule has 0 heterocycles. The molecule has 1 atom stereocenters. The Hall–Kier alpha value is -3.22. The number of hydrogen-bond donors (Lipinski definition) is 2. The van der Waals surface area contributed by atoms with Crippen LogP contribution in [0.5, 0.6) is 11.5 Å². The van der Waals surface area contributed by atoms with E-state index in [0.717, 1.165) is 5.56 Å². The molecule has 0 radical (unpaired) electrons. The average molecular weight is 400 g/mol. The second kappa shape index (κ2) is 10.9. The van der Waals surface area contributed by atoms with Crippen molar-refractivity contribution in [3.63, 3.8) is 0 Å². The largest absolute Gasteiger partial charge is 0.490 e. The summed E-state index contributed by atoms with van der Waals surface area (Å²) < 4.78 is 16.1. The number of amides is 2. The quantitative estimate of drug-likeness (QED) is 0.645. The van der Waals surface area contributed by atoms with E-state index >= 15 is 0 Å². The number of carbonyl (C=O) groups is 2. The molecule has 0 spiro atoms. The molecule has 0 aliphatic carbocycles. The Morgan fingerprint density at radius 2 is 1.66 bits per heavy atom. The van der Waals surface area contributed by atoms with Crippen LogP contribution in [-0.4, -0.2) is 31.8 Å². The van der Waals surface area contributed by atoms with E-state index in [9.17, 15) is 9.59 Å². The third-order valence-electron chi connectivity index (χ3n) is 4.06. The molecule has 7 nitrogen and oxygen atoms in total. The van der Waals surface area contributed by atoms with Crippen molar-refractivity contribution in [1.29, 1.82) is 0 Å². The highest BCUT2D eigenvalue weighted by atomic mass is 16.5. The van der Waals surface area contributed by atoms with Gasteiger partial charge in [-0.1, -0.05) is 12.1 Å². The molecule has 0 aliphatic rings. The van der Waals surface area contributed by atoms with E-state index in [1.165, 1.54) is 0 Å². The van der Waals surface area contributed by atoms with E-state index < -0.39 is 6.09 Å². The van der Waals surface area contributed by atoms with Gasteiger partial charge in [-0.15, -0.1) is 0 Å². The number of hydrogen-bond acceptors (Lipinski definition) is 5. The summed E-state index contributed by atoms with van der Waals surface area (Å²) >= 11 is 0. The smallest absolute Gasteiger partial charge is 0.411 e. The van der Waals surface area contributed by atoms with Crippen LogP contribution in [0.15, 0.2) is 42.5 Å². The molecule has 0 bridgehead atoms. The Morgan fingerprint density at radius 3 is 2.34 bits per heavy atom. The molecule has 2 aromatic rings. The molecule has 2 amide bonds. The lowest BCUT2D eigenvalue weighted by Gasteiger charge is -2.18. The fourth-order valence-electron chi connectivity index (χ4n) is 2.72. The number of benzene rings is 2. The summed E-state index contributed by atoms with van der Waals surface area (Å²) in [6, 6.07) is 12.0. The van der Waals surface area contributed by atoms with Crippen LogP contribution in [0.25, 0.3) is 0 Å². The lowest BCUT2D eigenvalue weighted by molar-refractivity contribution is 0.0939. The van der Waals surface area contributed by atoms with Crippen molar-refractivity contribution >= 4 is 17.7 Å². The predicted octanol–water partition coefficient (Wildman–Crippen LogP) is 4.54. The predicted molar refractivity (Wildman–Crippen MR) is 112 cm³/mol. The fraction of sp³-hybridized carbons (Fsp3) is 0.364. The first-order chi connectivity index (χ1) is 14.0. The van der Waals surface area contributed by atoms with E-state index in [2.05, 4.69) is 10.6 Å². The van der Waals surface area contributed by atoms with Crippen molar-refractivity contribution in [2.45, 2.75) is 33.7 Å². The third kappa shape index (κ3) is 6.41. The summed E-state index contributed by atoms with van der Waals surface area (Å²) in [5.41, 5.74) is 1.82. The van der Waals surface area contributed by atoms with Crippen LogP contribution in [-0.2, 0) is 4.74 Å². The van der Waals surface area contributed by atoms with Crippen molar-refractivity contribution in [2.24, 2.45) is 0 Å². The van der Waals surface area contributed by atoms with Crippen LogP contribution in [0.3, 0.4) is 0 Å². The van der Waals surface area contributed by atoms with Gasteiger partial charge in [-0.05, 0) is 63.6 Å². The van der Waals surface area contributed by atoms with E-state index in [0.29, 0.717) is 36.0 Å². The number of rotatable bonds is 9. The SMILES string of the molecule is CCOC(=O)Nc1cccc(C(=O)N[C@H](C)c2ccc(OCC)c(OCC)c2)c1. The molecule has 0 fully saturated rings. The van der Waals surface area contributed by atoms with Crippen LogP contribution in [0.2, 0.25) is 0 Å². The van der Waals surface area contributed by atoms with Gasteiger partial charge in [-0.3, -0.25) is 10.1 Å². The summed E-state index contributed by atoms with van der Waals surface area (Å²) in [6.07, 6.45) is -0.559. The van der Waals surface area contributed by atoms with Crippen LogP contribution in [0.4, 0.5) is 10.5 Å². The molecular weight excluding hydrogens is 372 g/mol. The topological polar surface area (TPSA) is 85.9 Å². The molecule has 29 heavy (non-hydrogen) atoms. The Balaban J connectivity index is 2.10. The summed E-state index contributed by atoms with van der Waals surface area (Å²) in [5.74, 6) is 1.07. The summed E-state index contributed by atoms with van der Waals surface area (Å²) in [5, 5.41) is 5.55. The van der Waals surface area contributed by atoms with Gasteiger partial charge in [-0.2, -0.15) is 0 Å². The Bertz CT molecular complexity index is 838. The second-order valence-corrected chi connectivity index (χ2v) is 6.19. The second-order valence-electron chi connectivity index (χ2n) is 6.19. The zero-order valence-electron chi connectivity index (χ0n) is 17.3. The molecule has 2 N–H and O–H groups in total. The highest BCUT2D eigenvalue weighted by Gasteiger charge is 2.15. The first kappa shape index (κ1) is 22.1. The molecule has 0 unspecified atom stereocenters. The molecular formula is C22H28N2O5. The fourth-order valence-corrected chi connectivity index (χ4v) is 2.72. The summed E-state index contributed by atoms with van der Waals surface area (Å²) in [6.45, 7) is 8.77. The molecule has 0 saturated heterocycles. The molecule has 7 heteroatoms. The van der Waals surface area contributed by atoms with Crippen molar-refractivity contribution < 1.29 is 23.8 Å². The molecule has 0 aliphatic heterocycles. The van der Waals surface area contributed by atoms with Gasteiger partial charge in [-0.25, -0.2) is 4.79 Å². The highest BCUT2D eigenvalue weighted by molar-refractivity contribution is 5.96. The van der Waals surface area contributed by atoms with Crippen molar-refractivity contribution in [3.05, 3.63) is 53.6 Å². The van der Waals surface area contributed by atoms with E-state index in [1.54, 1.807) is 31.2 Å².